The third-order valence-electron chi connectivity index (χ3n) is 4.00. The molecule has 0 aliphatic heterocycles. The summed E-state index contributed by atoms with van der Waals surface area (Å²) in [4.78, 5) is 12.2. The van der Waals surface area contributed by atoms with E-state index in [0.29, 0.717) is 12.8 Å². The first kappa shape index (κ1) is 16.8. The Bertz CT molecular complexity index is 320. The van der Waals surface area contributed by atoms with Crippen LogP contribution in [0.1, 0.15) is 46.5 Å². The summed E-state index contributed by atoms with van der Waals surface area (Å²) < 4.78 is 37.6. The molecule has 1 rings (SSSR count). The molecule has 0 spiro atoms. The Labute approximate surface area is 120 Å². The van der Waals surface area contributed by atoms with E-state index in [1.54, 1.807) is 0 Å². The van der Waals surface area contributed by atoms with Gasteiger partial charge < -0.3 is 5.32 Å². The van der Waals surface area contributed by atoms with Crippen LogP contribution >= 0.6 is 15.9 Å². The van der Waals surface area contributed by atoms with E-state index in [-0.39, 0.29) is 29.5 Å². The van der Waals surface area contributed by atoms with Gasteiger partial charge in [0.25, 0.3) is 0 Å². The van der Waals surface area contributed by atoms with Crippen LogP contribution in [0.15, 0.2) is 0 Å². The van der Waals surface area contributed by atoms with Gasteiger partial charge in [0.05, 0.1) is 5.92 Å². The molecule has 1 fully saturated rings. The van der Waals surface area contributed by atoms with Gasteiger partial charge in [0.1, 0.15) is 0 Å². The van der Waals surface area contributed by atoms with Crippen molar-refractivity contribution in [2.24, 2.45) is 11.8 Å². The summed E-state index contributed by atoms with van der Waals surface area (Å²) in [5, 5.41) is 2.91. The first-order chi connectivity index (χ1) is 8.54. The van der Waals surface area contributed by atoms with E-state index in [2.05, 4.69) is 21.2 Å². The minimum absolute atomic E-state index is 0.0614. The Morgan fingerprint density at radius 1 is 1.21 bits per heavy atom. The van der Waals surface area contributed by atoms with Gasteiger partial charge in [0, 0.05) is 16.3 Å². The Hall–Kier alpha value is -0.260. The van der Waals surface area contributed by atoms with Crippen molar-refractivity contribution in [1.82, 2.24) is 5.32 Å². The predicted molar refractivity (Wildman–Crippen MR) is 72.1 cm³/mol. The monoisotopic (exact) mass is 343 g/mol. The summed E-state index contributed by atoms with van der Waals surface area (Å²) in [6.07, 6.45) is -3.35. The van der Waals surface area contributed by atoms with Crippen molar-refractivity contribution in [2.45, 2.75) is 63.0 Å². The minimum Gasteiger partial charge on any atom is -0.350 e. The maximum Gasteiger partial charge on any atom is 0.391 e. The molecule has 1 atom stereocenters. The zero-order chi connectivity index (χ0) is 14.8. The number of carbonyl (C=O) groups is 1. The Kier molecular flexibility index (Phi) is 5.32. The molecule has 1 saturated carbocycles. The number of alkyl halides is 4. The van der Waals surface area contributed by atoms with E-state index in [9.17, 15) is 18.0 Å². The van der Waals surface area contributed by atoms with Gasteiger partial charge in [-0.25, -0.2) is 0 Å². The molecular weight excluding hydrogens is 323 g/mol. The van der Waals surface area contributed by atoms with Crippen molar-refractivity contribution >= 4 is 21.8 Å². The van der Waals surface area contributed by atoms with Crippen molar-refractivity contribution in [3.63, 3.8) is 0 Å². The van der Waals surface area contributed by atoms with Gasteiger partial charge in [-0.1, -0.05) is 22.9 Å². The van der Waals surface area contributed by atoms with Crippen LogP contribution in [0.3, 0.4) is 0 Å². The van der Waals surface area contributed by atoms with Gasteiger partial charge in [0.15, 0.2) is 0 Å². The molecule has 0 aromatic rings. The maximum absolute atomic E-state index is 12.5. The fourth-order valence-electron chi connectivity index (χ4n) is 2.20. The Morgan fingerprint density at radius 2 is 1.68 bits per heavy atom. The predicted octanol–water partition coefficient (Wildman–Crippen LogP) is 4.03. The highest BCUT2D eigenvalue weighted by molar-refractivity contribution is 9.09. The number of nitrogens with one attached hydrogen (secondary N) is 1. The van der Waals surface area contributed by atoms with Crippen LogP contribution in [0, 0.1) is 11.8 Å². The van der Waals surface area contributed by atoms with E-state index < -0.39 is 17.6 Å². The number of halogens is 4. The Balaban J connectivity index is 2.50. The highest BCUT2D eigenvalue weighted by Gasteiger charge is 2.43. The standard InChI is InChI=1S/C13H21BrF3NO/c1-8(14)12(2,3)18-11(19)9-4-6-10(7-5-9)13(15,16)17/h8-10H,4-7H2,1-3H3,(H,18,19). The largest absolute Gasteiger partial charge is 0.391 e. The number of rotatable bonds is 3. The summed E-state index contributed by atoms with van der Waals surface area (Å²) in [6.45, 7) is 5.72. The van der Waals surface area contributed by atoms with Crippen molar-refractivity contribution in [1.29, 1.82) is 0 Å². The minimum atomic E-state index is -4.12. The van der Waals surface area contributed by atoms with Crippen LogP contribution in [0.4, 0.5) is 13.2 Å². The molecule has 1 aliphatic rings. The van der Waals surface area contributed by atoms with Crippen LogP contribution in [0.2, 0.25) is 0 Å². The van der Waals surface area contributed by atoms with E-state index in [0.717, 1.165) is 0 Å². The average molecular weight is 344 g/mol. The molecule has 0 aromatic carbocycles. The third kappa shape index (κ3) is 4.65. The van der Waals surface area contributed by atoms with E-state index in [1.165, 1.54) is 0 Å². The molecule has 0 radical (unpaired) electrons. The lowest BCUT2D eigenvalue weighted by atomic mass is 9.81. The summed E-state index contributed by atoms with van der Waals surface area (Å²) in [7, 11) is 0. The molecule has 112 valence electrons. The van der Waals surface area contributed by atoms with Gasteiger partial charge in [-0.3, -0.25) is 4.79 Å². The molecule has 1 amide bonds. The zero-order valence-electron chi connectivity index (χ0n) is 11.5. The van der Waals surface area contributed by atoms with E-state index >= 15 is 0 Å². The first-order valence-electron chi connectivity index (χ1n) is 6.57. The zero-order valence-corrected chi connectivity index (χ0v) is 13.1. The second-order valence-corrected chi connectivity index (χ2v) is 7.29. The normalized spacial score (nSPS) is 26.9. The van der Waals surface area contributed by atoms with Gasteiger partial charge in [-0.15, -0.1) is 0 Å². The fourth-order valence-corrected chi connectivity index (χ4v) is 2.32. The second kappa shape index (κ2) is 6.02. The lowest BCUT2D eigenvalue weighted by molar-refractivity contribution is -0.184. The van der Waals surface area contributed by atoms with Gasteiger partial charge >= 0.3 is 6.18 Å². The molecule has 0 bridgehead atoms. The Morgan fingerprint density at radius 3 is 2.05 bits per heavy atom. The maximum atomic E-state index is 12.5. The van der Waals surface area contributed by atoms with Crippen LogP contribution in [0.5, 0.6) is 0 Å². The second-order valence-electron chi connectivity index (χ2n) is 5.92. The molecule has 0 aromatic heterocycles. The van der Waals surface area contributed by atoms with Crippen molar-refractivity contribution in [3.05, 3.63) is 0 Å². The van der Waals surface area contributed by atoms with E-state index in [4.69, 9.17) is 0 Å². The number of hydrogen-bond donors (Lipinski definition) is 1. The molecule has 19 heavy (non-hydrogen) atoms. The van der Waals surface area contributed by atoms with Crippen molar-refractivity contribution < 1.29 is 18.0 Å². The molecular formula is C13H21BrF3NO. The first-order valence-corrected chi connectivity index (χ1v) is 7.48. The van der Waals surface area contributed by atoms with Crippen LogP contribution < -0.4 is 5.32 Å². The molecule has 0 saturated heterocycles. The summed E-state index contributed by atoms with van der Waals surface area (Å²) in [5.41, 5.74) is -0.405. The topological polar surface area (TPSA) is 29.1 Å². The molecule has 2 nitrogen and oxygen atoms in total. The number of amides is 1. The lowest BCUT2D eigenvalue weighted by Gasteiger charge is -2.34. The smallest absolute Gasteiger partial charge is 0.350 e. The molecule has 6 heteroatoms. The molecule has 0 heterocycles. The molecule has 1 unspecified atom stereocenters. The van der Waals surface area contributed by atoms with Gasteiger partial charge in [-0.05, 0) is 39.5 Å². The highest BCUT2D eigenvalue weighted by atomic mass is 79.9. The average Bonchev–Trinajstić information content (AvgIpc) is 2.27. The number of carbonyl (C=O) groups excluding carboxylic acids is 1. The molecule has 1 N–H and O–H groups in total. The van der Waals surface area contributed by atoms with Crippen LogP contribution in [-0.2, 0) is 4.79 Å². The van der Waals surface area contributed by atoms with Crippen molar-refractivity contribution in [3.8, 4) is 0 Å². The van der Waals surface area contributed by atoms with Crippen molar-refractivity contribution in [2.75, 3.05) is 0 Å². The van der Waals surface area contributed by atoms with Crippen LogP contribution in [-0.4, -0.2) is 22.4 Å². The number of hydrogen-bond acceptors (Lipinski definition) is 1. The molecule has 1 aliphatic carbocycles. The lowest BCUT2D eigenvalue weighted by Crippen LogP contribution is -2.51. The summed E-state index contributed by atoms with van der Waals surface area (Å²) in [6, 6.07) is 0. The van der Waals surface area contributed by atoms with Gasteiger partial charge in [0.2, 0.25) is 5.91 Å². The summed E-state index contributed by atoms with van der Waals surface area (Å²) >= 11 is 3.42. The summed E-state index contributed by atoms with van der Waals surface area (Å²) in [5.74, 6) is -1.65. The SMILES string of the molecule is CC(Br)C(C)(C)NC(=O)C1CCC(C(F)(F)F)CC1. The van der Waals surface area contributed by atoms with Crippen LogP contribution in [0.25, 0.3) is 0 Å². The quantitative estimate of drug-likeness (QED) is 0.770. The highest BCUT2D eigenvalue weighted by Crippen LogP contribution is 2.39. The van der Waals surface area contributed by atoms with Gasteiger partial charge in [-0.2, -0.15) is 13.2 Å². The van der Waals surface area contributed by atoms with E-state index in [1.807, 2.05) is 20.8 Å². The third-order valence-corrected chi connectivity index (χ3v) is 5.15. The fraction of sp³-hybridized carbons (Fsp3) is 0.923.